The van der Waals surface area contributed by atoms with Crippen molar-refractivity contribution in [1.29, 1.82) is 0 Å². The maximum absolute atomic E-state index is 13.7. The molecule has 5 N–H and O–H groups in total. The number of aryl methyl sites for hydroxylation is 1. The third-order valence-electron chi connectivity index (χ3n) is 8.04. The van der Waals surface area contributed by atoms with Crippen LogP contribution in [-0.4, -0.2) is 70.8 Å². The van der Waals surface area contributed by atoms with Gasteiger partial charge in [0.15, 0.2) is 0 Å². The average molecular weight is 632 g/mol. The number of carbonyl (C=O) groups excluding carboxylic acids is 1. The van der Waals surface area contributed by atoms with Gasteiger partial charge in [-0.25, -0.2) is 9.78 Å². The number of ether oxygens (including phenoxy) is 1. The van der Waals surface area contributed by atoms with Crippen LogP contribution in [0.5, 0.6) is 0 Å². The van der Waals surface area contributed by atoms with Gasteiger partial charge in [0, 0.05) is 67.6 Å². The van der Waals surface area contributed by atoms with E-state index in [1.54, 1.807) is 28.8 Å². The summed E-state index contributed by atoms with van der Waals surface area (Å²) in [5.74, 6) is -1.55. The van der Waals surface area contributed by atoms with E-state index in [2.05, 4.69) is 15.2 Å². The summed E-state index contributed by atoms with van der Waals surface area (Å²) in [7, 11) is -11.8. The highest BCUT2D eigenvalue weighted by atomic mass is 31.2. The van der Waals surface area contributed by atoms with Crippen LogP contribution in [0.15, 0.2) is 53.7 Å². The summed E-state index contributed by atoms with van der Waals surface area (Å²) < 4.78 is 34.0. The molecule has 0 atom stereocenters. The SMILES string of the molecule is Cc1cc2c(=O)c(C(=O)OC(Cc3cnc4ccccn34)(P(=O)(O)O)P(=O)(O)O)cn(C3CC3)c2cc1N1CCNCC1. The largest absolute Gasteiger partial charge is 0.429 e. The van der Waals surface area contributed by atoms with Gasteiger partial charge in [-0.15, -0.1) is 0 Å². The Morgan fingerprint density at radius 2 is 1.81 bits per heavy atom. The van der Waals surface area contributed by atoms with Crippen molar-refractivity contribution < 1.29 is 38.2 Å². The Hall–Kier alpha value is -3.35. The molecule has 1 saturated heterocycles. The van der Waals surface area contributed by atoms with Crippen LogP contribution >= 0.6 is 15.2 Å². The van der Waals surface area contributed by atoms with E-state index < -0.39 is 43.7 Å². The topological polar surface area (TPSA) is 196 Å². The first-order chi connectivity index (χ1) is 20.3. The third kappa shape index (κ3) is 5.23. The molecule has 1 aromatic carbocycles. The molecule has 0 radical (unpaired) electrons. The van der Waals surface area contributed by atoms with Crippen LogP contribution < -0.4 is 15.6 Å². The quantitative estimate of drug-likeness (QED) is 0.141. The van der Waals surface area contributed by atoms with Crippen molar-refractivity contribution in [3.05, 3.63) is 76.0 Å². The average Bonchev–Trinajstić information content (AvgIpc) is 3.72. The Balaban J connectivity index is 1.46. The standard InChI is InChI=1S/C27H31N5O9P2/c1-17-12-20-23(13-22(17)30-10-7-28-8-11-30)32(18-5-6-18)16-21(25(20)33)26(34)41-27(42(35,36)37,43(38,39)40)14-19-15-29-24-4-2-3-9-31(19)24/h2-4,9,12-13,15-16,18,28H,5-8,10-11,14H2,1H3,(H2,35,36,37)(H2,38,39,40). The van der Waals surface area contributed by atoms with Crippen LogP contribution in [-0.2, 0) is 20.3 Å². The zero-order valence-corrected chi connectivity index (χ0v) is 24.9. The van der Waals surface area contributed by atoms with Gasteiger partial charge in [0.2, 0.25) is 5.43 Å². The van der Waals surface area contributed by atoms with Gasteiger partial charge >= 0.3 is 26.2 Å². The fourth-order valence-electron chi connectivity index (χ4n) is 5.63. The molecule has 1 saturated carbocycles. The van der Waals surface area contributed by atoms with Gasteiger partial charge in [0.25, 0.3) is 0 Å². The smallest absolute Gasteiger partial charge is 0.381 e. The fourth-order valence-corrected chi connectivity index (χ4v) is 8.12. The number of aromatic nitrogens is 3. The predicted molar refractivity (Wildman–Crippen MR) is 157 cm³/mol. The van der Waals surface area contributed by atoms with E-state index in [1.165, 1.54) is 23.0 Å². The number of hydrogen-bond acceptors (Lipinski definition) is 8. The molecule has 2 fully saturated rings. The Morgan fingerprint density at radius 1 is 1.12 bits per heavy atom. The number of rotatable bonds is 8. The van der Waals surface area contributed by atoms with Crippen LogP contribution in [0.1, 0.15) is 40.5 Å². The van der Waals surface area contributed by atoms with E-state index in [0.29, 0.717) is 11.2 Å². The van der Waals surface area contributed by atoms with Crippen molar-refractivity contribution in [3.63, 3.8) is 0 Å². The van der Waals surface area contributed by atoms with Gasteiger partial charge in [-0.05, 0) is 49.6 Å². The number of nitrogens with zero attached hydrogens (tertiary/aromatic N) is 4. The fraction of sp³-hybridized carbons (Fsp3) is 0.370. The lowest BCUT2D eigenvalue weighted by Crippen LogP contribution is -2.43. The molecule has 6 rings (SSSR count). The molecule has 0 unspecified atom stereocenters. The van der Waals surface area contributed by atoms with Crippen LogP contribution in [0.2, 0.25) is 0 Å². The highest BCUT2D eigenvalue weighted by Crippen LogP contribution is 2.70. The Labute approximate surface area is 245 Å². The number of pyridine rings is 2. The Morgan fingerprint density at radius 3 is 2.47 bits per heavy atom. The van der Waals surface area contributed by atoms with Gasteiger partial charge in [0.1, 0.15) is 11.2 Å². The zero-order chi connectivity index (χ0) is 30.7. The molecule has 0 amide bonds. The number of benzene rings is 1. The van der Waals surface area contributed by atoms with Crippen molar-refractivity contribution in [2.45, 2.75) is 37.3 Å². The first-order valence-electron chi connectivity index (χ1n) is 13.7. The minimum atomic E-state index is -5.90. The van der Waals surface area contributed by atoms with E-state index in [0.717, 1.165) is 50.3 Å². The maximum Gasteiger partial charge on any atom is 0.381 e. The minimum Gasteiger partial charge on any atom is -0.429 e. The number of carbonyl (C=O) groups is 1. The second-order valence-corrected chi connectivity index (χ2v) is 15.0. The first-order valence-corrected chi connectivity index (χ1v) is 16.9. The summed E-state index contributed by atoms with van der Waals surface area (Å²) in [4.78, 5) is 75.0. The molecule has 4 aromatic rings. The zero-order valence-electron chi connectivity index (χ0n) is 23.2. The molecule has 2 aliphatic rings. The summed E-state index contributed by atoms with van der Waals surface area (Å²) >= 11 is 0. The van der Waals surface area contributed by atoms with E-state index in [4.69, 9.17) is 4.74 Å². The highest BCUT2D eigenvalue weighted by Gasteiger charge is 2.64. The Kier molecular flexibility index (Phi) is 7.37. The number of imidazole rings is 1. The minimum absolute atomic E-state index is 0.0278. The second kappa shape index (κ2) is 10.7. The van der Waals surface area contributed by atoms with Crippen molar-refractivity contribution in [3.8, 4) is 0 Å². The monoisotopic (exact) mass is 631 g/mol. The number of anilines is 1. The van der Waals surface area contributed by atoms with Crippen molar-refractivity contribution >= 4 is 43.4 Å². The molecule has 4 heterocycles. The van der Waals surface area contributed by atoms with E-state index in [-0.39, 0.29) is 17.1 Å². The lowest BCUT2D eigenvalue weighted by Gasteiger charge is -2.33. The van der Waals surface area contributed by atoms with Gasteiger partial charge in [-0.1, -0.05) is 6.07 Å². The van der Waals surface area contributed by atoms with Gasteiger partial charge in [0.05, 0.1) is 11.9 Å². The van der Waals surface area contributed by atoms with Crippen molar-refractivity contribution in [2.24, 2.45) is 0 Å². The Bertz CT molecular complexity index is 1880. The molecule has 228 valence electrons. The molecule has 14 nitrogen and oxygen atoms in total. The van der Waals surface area contributed by atoms with Crippen LogP contribution in [0.25, 0.3) is 16.6 Å². The lowest BCUT2D eigenvalue weighted by molar-refractivity contribution is 0.0235. The van der Waals surface area contributed by atoms with Crippen molar-refractivity contribution in [1.82, 2.24) is 19.3 Å². The molecule has 16 heteroatoms. The van der Waals surface area contributed by atoms with Crippen LogP contribution in [0.3, 0.4) is 0 Å². The molecule has 1 aliphatic heterocycles. The summed E-state index contributed by atoms with van der Waals surface area (Å²) in [6.45, 7) is 5.04. The van der Waals surface area contributed by atoms with Gasteiger partial charge in [-0.2, -0.15) is 0 Å². The molecule has 3 aromatic heterocycles. The van der Waals surface area contributed by atoms with Gasteiger partial charge < -0.3 is 43.5 Å². The lowest BCUT2D eigenvalue weighted by atomic mass is 10.0. The van der Waals surface area contributed by atoms with Gasteiger partial charge in [-0.3, -0.25) is 13.9 Å². The summed E-state index contributed by atoms with van der Waals surface area (Å²) in [6, 6.07) is 8.38. The summed E-state index contributed by atoms with van der Waals surface area (Å²) in [5, 5.41) is -0.115. The van der Waals surface area contributed by atoms with E-state index >= 15 is 0 Å². The second-order valence-electron chi connectivity index (χ2n) is 11.0. The van der Waals surface area contributed by atoms with Crippen molar-refractivity contribution in [2.75, 3.05) is 31.1 Å². The number of piperazine rings is 1. The van der Waals surface area contributed by atoms with E-state index in [1.807, 2.05) is 13.0 Å². The van der Waals surface area contributed by atoms with Crippen LogP contribution in [0, 0.1) is 6.92 Å². The first kappa shape index (κ1) is 29.7. The molecule has 0 spiro atoms. The predicted octanol–water partition coefficient (Wildman–Crippen LogP) is 2.11. The number of nitrogens with one attached hydrogen (secondary N) is 1. The number of hydrogen-bond donors (Lipinski definition) is 5. The molecule has 1 aliphatic carbocycles. The molecular formula is C27H31N5O9P2. The number of fused-ring (bicyclic) bond motifs is 2. The molecule has 0 bridgehead atoms. The molecule has 43 heavy (non-hydrogen) atoms. The van der Waals surface area contributed by atoms with E-state index in [9.17, 15) is 38.3 Å². The normalized spacial score (nSPS) is 16.6. The summed E-state index contributed by atoms with van der Waals surface area (Å²) in [6.07, 6.45) is 4.42. The number of esters is 1. The molecular weight excluding hydrogens is 600 g/mol. The summed E-state index contributed by atoms with van der Waals surface area (Å²) in [5.41, 5.74) is 1.29. The maximum atomic E-state index is 13.7. The third-order valence-corrected chi connectivity index (χ3v) is 11.9. The van der Waals surface area contributed by atoms with Crippen LogP contribution in [0.4, 0.5) is 5.69 Å². The highest BCUT2D eigenvalue weighted by molar-refractivity contribution is 7.72.